The summed E-state index contributed by atoms with van der Waals surface area (Å²) in [4.78, 5) is 7.47. The summed E-state index contributed by atoms with van der Waals surface area (Å²) in [5.41, 5.74) is 4.17. The van der Waals surface area contributed by atoms with E-state index < -0.39 is 0 Å². The van der Waals surface area contributed by atoms with Crippen LogP contribution in [-0.2, 0) is 6.54 Å². The van der Waals surface area contributed by atoms with Crippen molar-refractivity contribution in [1.82, 2.24) is 9.97 Å². The fourth-order valence-electron chi connectivity index (χ4n) is 1.93. The minimum absolute atomic E-state index is 0.684. The summed E-state index contributed by atoms with van der Waals surface area (Å²) in [7, 11) is 0. The number of nitrogens with one attached hydrogen (secondary N) is 2. The minimum atomic E-state index is 0.684. The average Bonchev–Trinajstić information content (AvgIpc) is 3.08. The molecule has 1 aromatic carbocycles. The number of oxazole rings is 1. The number of H-pyrrole nitrogens is 1. The SMILES string of the molecule is Cc1nc(-c2ccc(NCc3ccc[nH]3)cc2)co1. The predicted molar refractivity (Wildman–Crippen MR) is 74.8 cm³/mol. The zero-order valence-corrected chi connectivity index (χ0v) is 10.7. The van der Waals surface area contributed by atoms with Gasteiger partial charge in [0.1, 0.15) is 12.0 Å². The maximum Gasteiger partial charge on any atom is 0.191 e. The Balaban J connectivity index is 1.69. The van der Waals surface area contributed by atoms with Crippen LogP contribution in [0.2, 0.25) is 0 Å². The number of aryl methyl sites for hydroxylation is 1. The van der Waals surface area contributed by atoms with E-state index in [1.54, 1.807) is 6.26 Å². The molecule has 0 atom stereocenters. The van der Waals surface area contributed by atoms with Crippen LogP contribution in [0.25, 0.3) is 11.3 Å². The summed E-state index contributed by atoms with van der Waals surface area (Å²) in [6.45, 7) is 2.63. The standard InChI is InChI=1S/C15H15N3O/c1-11-18-15(10-19-11)12-4-6-13(7-5-12)17-9-14-3-2-8-16-14/h2-8,10,16-17H,9H2,1H3. The Morgan fingerprint density at radius 2 is 2.05 bits per heavy atom. The van der Waals surface area contributed by atoms with Crippen molar-refractivity contribution in [1.29, 1.82) is 0 Å². The molecule has 2 aromatic heterocycles. The highest BCUT2D eigenvalue weighted by molar-refractivity contribution is 5.61. The summed E-state index contributed by atoms with van der Waals surface area (Å²) in [5, 5.41) is 3.36. The van der Waals surface area contributed by atoms with Crippen molar-refractivity contribution < 1.29 is 4.42 Å². The Morgan fingerprint density at radius 3 is 2.68 bits per heavy atom. The lowest BCUT2D eigenvalue weighted by Crippen LogP contribution is -1.99. The molecule has 4 heteroatoms. The van der Waals surface area contributed by atoms with Gasteiger partial charge in [0, 0.05) is 30.1 Å². The summed E-state index contributed by atoms with van der Waals surface area (Å²) in [6.07, 6.45) is 3.60. The van der Waals surface area contributed by atoms with Crippen LogP contribution in [0.5, 0.6) is 0 Å². The number of anilines is 1. The minimum Gasteiger partial charge on any atom is -0.449 e. The third-order valence-electron chi connectivity index (χ3n) is 2.95. The molecule has 3 rings (SSSR count). The molecule has 0 aliphatic heterocycles. The molecule has 2 N–H and O–H groups in total. The topological polar surface area (TPSA) is 53.9 Å². The second kappa shape index (κ2) is 5.02. The molecular weight excluding hydrogens is 238 g/mol. The van der Waals surface area contributed by atoms with Gasteiger partial charge in [-0.15, -0.1) is 0 Å². The second-order valence-electron chi connectivity index (χ2n) is 4.38. The zero-order chi connectivity index (χ0) is 13.1. The van der Waals surface area contributed by atoms with Gasteiger partial charge in [0.15, 0.2) is 5.89 Å². The van der Waals surface area contributed by atoms with Gasteiger partial charge in [-0.3, -0.25) is 0 Å². The molecule has 0 amide bonds. The fourth-order valence-corrected chi connectivity index (χ4v) is 1.93. The zero-order valence-electron chi connectivity index (χ0n) is 10.7. The smallest absolute Gasteiger partial charge is 0.191 e. The Kier molecular flexibility index (Phi) is 3.06. The van der Waals surface area contributed by atoms with Gasteiger partial charge in [0.2, 0.25) is 0 Å². The van der Waals surface area contributed by atoms with E-state index in [2.05, 4.69) is 21.4 Å². The van der Waals surface area contributed by atoms with Crippen molar-refractivity contribution in [3.05, 3.63) is 60.4 Å². The second-order valence-corrected chi connectivity index (χ2v) is 4.38. The van der Waals surface area contributed by atoms with Gasteiger partial charge in [0.05, 0.1) is 6.54 Å². The molecule has 0 unspecified atom stereocenters. The molecule has 3 aromatic rings. The number of benzene rings is 1. The van der Waals surface area contributed by atoms with Crippen LogP contribution >= 0.6 is 0 Å². The highest BCUT2D eigenvalue weighted by Crippen LogP contribution is 2.20. The molecule has 19 heavy (non-hydrogen) atoms. The maximum atomic E-state index is 5.21. The molecular formula is C15H15N3O. The van der Waals surface area contributed by atoms with E-state index in [1.807, 2.05) is 43.5 Å². The first kappa shape index (κ1) is 11.6. The largest absolute Gasteiger partial charge is 0.449 e. The first-order valence-electron chi connectivity index (χ1n) is 6.20. The van der Waals surface area contributed by atoms with Gasteiger partial charge in [-0.2, -0.15) is 0 Å². The molecule has 4 nitrogen and oxygen atoms in total. The van der Waals surface area contributed by atoms with Gasteiger partial charge in [-0.1, -0.05) is 12.1 Å². The van der Waals surface area contributed by atoms with E-state index in [1.165, 1.54) is 0 Å². The predicted octanol–water partition coefficient (Wildman–Crippen LogP) is 3.59. The number of aromatic nitrogens is 2. The first-order chi connectivity index (χ1) is 9.31. The quantitative estimate of drug-likeness (QED) is 0.747. The Labute approximate surface area is 111 Å². The Morgan fingerprint density at radius 1 is 1.21 bits per heavy atom. The monoisotopic (exact) mass is 253 g/mol. The lowest BCUT2D eigenvalue weighted by molar-refractivity contribution is 0.521. The van der Waals surface area contributed by atoms with E-state index in [4.69, 9.17) is 4.42 Å². The lowest BCUT2D eigenvalue weighted by atomic mass is 10.1. The van der Waals surface area contributed by atoms with Gasteiger partial charge in [-0.25, -0.2) is 4.98 Å². The summed E-state index contributed by atoms with van der Waals surface area (Å²) in [6, 6.07) is 12.2. The summed E-state index contributed by atoms with van der Waals surface area (Å²) in [5.74, 6) is 0.684. The third kappa shape index (κ3) is 2.68. The number of hydrogen-bond acceptors (Lipinski definition) is 3. The molecule has 0 fully saturated rings. The van der Waals surface area contributed by atoms with Crippen molar-refractivity contribution in [2.75, 3.05) is 5.32 Å². The van der Waals surface area contributed by atoms with Crippen molar-refractivity contribution in [3.8, 4) is 11.3 Å². The number of nitrogens with zero attached hydrogens (tertiary/aromatic N) is 1. The average molecular weight is 253 g/mol. The van der Waals surface area contributed by atoms with Crippen LogP contribution in [-0.4, -0.2) is 9.97 Å². The van der Waals surface area contributed by atoms with E-state index >= 15 is 0 Å². The maximum absolute atomic E-state index is 5.21. The fraction of sp³-hybridized carbons (Fsp3) is 0.133. The van der Waals surface area contributed by atoms with Crippen LogP contribution in [0.15, 0.2) is 53.3 Å². The van der Waals surface area contributed by atoms with Gasteiger partial charge in [0.25, 0.3) is 0 Å². The van der Waals surface area contributed by atoms with Crippen LogP contribution in [0.1, 0.15) is 11.6 Å². The number of aromatic amines is 1. The number of hydrogen-bond donors (Lipinski definition) is 2. The molecule has 0 saturated heterocycles. The van der Waals surface area contributed by atoms with Crippen molar-refractivity contribution in [3.63, 3.8) is 0 Å². The van der Waals surface area contributed by atoms with E-state index in [0.717, 1.165) is 29.2 Å². The van der Waals surface area contributed by atoms with Gasteiger partial charge < -0.3 is 14.7 Å². The normalized spacial score (nSPS) is 10.6. The molecule has 0 aliphatic carbocycles. The third-order valence-corrected chi connectivity index (χ3v) is 2.95. The first-order valence-corrected chi connectivity index (χ1v) is 6.20. The van der Waals surface area contributed by atoms with Crippen LogP contribution < -0.4 is 5.32 Å². The highest BCUT2D eigenvalue weighted by atomic mass is 16.3. The van der Waals surface area contributed by atoms with Crippen molar-refractivity contribution in [2.24, 2.45) is 0 Å². The molecule has 0 spiro atoms. The van der Waals surface area contributed by atoms with Crippen LogP contribution in [0, 0.1) is 6.92 Å². The van der Waals surface area contributed by atoms with Gasteiger partial charge in [-0.05, 0) is 24.3 Å². The van der Waals surface area contributed by atoms with Crippen molar-refractivity contribution >= 4 is 5.69 Å². The molecule has 0 aliphatic rings. The van der Waals surface area contributed by atoms with E-state index in [0.29, 0.717) is 5.89 Å². The summed E-state index contributed by atoms with van der Waals surface area (Å²) < 4.78 is 5.21. The molecule has 0 saturated carbocycles. The molecule has 0 bridgehead atoms. The Hall–Kier alpha value is -2.49. The number of rotatable bonds is 4. The van der Waals surface area contributed by atoms with E-state index in [9.17, 15) is 0 Å². The molecule has 96 valence electrons. The lowest BCUT2D eigenvalue weighted by Gasteiger charge is -2.05. The van der Waals surface area contributed by atoms with Crippen LogP contribution in [0.3, 0.4) is 0 Å². The molecule has 0 radical (unpaired) electrons. The highest BCUT2D eigenvalue weighted by Gasteiger charge is 2.03. The van der Waals surface area contributed by atoms with Crippen molar-refractivity contribution in [2.45, 2.75) is 13.5 Å². The Bertz CT molecular complexity index is 638. The van der Waals surface area contributed by atoms with Gasteiger partial charge >= 0.3 is 0 Å². The van der Waals surface area contributed by atoms with E-state index in [-0.39, 0.29) is 0 Å². The summed E-state index contributed by atoms with van der Waals surface area (Å²) >= 11 is 0. The molecule has 2 heterocycles. The van der Waals surface area contributed by atoms with Crippen LogP contribution in [0.4, 0.5) is 5.69 Å².